The fourth-order valence-electron chi connectivity index (χ4n) is 2.87. The molecule has 1 unspecified atom stereocenters. The molecular formula is C16H19N5O2. The highest BCUT2D eigenvalue weighted by Gasteiger charge is 2.27. The summed E-state index contributed by atoms with van der Waals surface area (Å²) in [6.45, 7) is 2.67. The molecule has 1 aliphatic rings. The Bertz CT molecular complexity index is 698. The van der Waals surface area contributed by atoms with Crippen LogP contribution < -0.4 is 10.2 Å². The van der Waals surface area contributed by atoms with Gasteiger partial charge in [0, 0.05) is 25.6 Å². The molecule has 1 atom stereocenters. The number of benzene rings is 1. The van der Waals surface area contributed by atoms with Gasteiger partial charge in [-0.1, -0.05) is 18.2 Å². The van der Waals surface area contributed by atoms with Gasteiger partial charge in [0.2, 0.25) is 11.8 Å². The molecule has 2 amide bonds. The van der Waals surface area contributed by atoms with Crippen LogP contribution in [0.5, 0.6) is 0 Å². The van der Waals surface area contributed by atoms with Gasteiger partial charge in [0.15, 0.2) is 0 Å². The lowest BCUT2D eigenvalue weighted by Crippen LogP contribution is -2.40. The van der Waals surface area contributed by atoms with E-state index in [2.05, 4.69) is 15.4 Å². The Morgan fingerprint density at radius 3 is 2.91 bits per heavy atom. The molecule has 0 bridgehead atoms. The SMILES string of the molecule is CC(=O)N1CCC(NC(=O)CCn2cncn2)c2ccccc21. The van der Waals surface area contributed by atoms with Gasteiger partial charge >= 0.3 is 0 Å². The second-order valence-electron chi connectivity index (χ2n) is 5.55. The first-order valence-electron chi connectivity index (χ1n) is 7.64. The lowest BCUT2D eigenvalue weighted by Gasteiger charge is -2.34. The Morgan fingerprint density at radius 1 is 1.35 bits per heavy atom. The van der Waals surface area contributed by atoms with Crippen LogP contribution in [0.4, 0.5) is 5.69 Å². The van der Waals surface area contributed by atoms with Gasteiger partial charge < -0.3 is 10.2 Å². The zero-order valence-electron chi connectivity index (χ0n) is 13.0. The minimum absolute atomic E-state index is 0.0217. The quantitative estimate of drug-likeness (QED) is 0.922. The van der Waals surface area contributed by atoms with E-state index < -0.39 is 0 Å². The number of amides is 2. The molecule has 7 nitrogen and oxygen atoms in total. The standard InChI is InChI=1S/C16H19N5O2/c1-12(22)21-9-6-14(13-4-2-3-5-15(13)21)19-16(23)7-8-20-11-17-10-18-20/h2-5,10-11,14H,6-9H2,1H3,(H,19,23). The minimum Gasteiger partial charge on any atom is -0.349 e. The molecule has 120 valence electrons. The van der Waals surface area contributed by atoms with Crippen LogP contribution >= 0.6 is 0 Å². The third-order valence-corrected chi connectivity index (χ3v) is 3.99. The number of carbonyl (C=O) groups excluding carboxylic acids is 2. The molecule has 0 saturated carbocycles. The van der Waals surface area contributed by atoms with Gasteiger partial charge in [0.25, 0.3) is 0 Å². The molecule has 0 fully saturated rings. The summed E-state index contributed by atoms with van der Waals surface area (Å²) < 4.78 is 1.63. The predicted octanol–water partition coefficient (Wildman–Crippen LogP) is 1.28. The Morgan fingerprint density at radius 2 is 2.17 bits per heavy atom. The maximum atomic E-state index is 12.2. The van der Waals surface area contributed by atoms with Crippen LogP contribution in [0.3, 0.4) is 0 Å². The van der Waals surface area contributed by atoms with Gasteiger partial charge in [-0.3, -0.25) is 14.3 Å². The van der Waals surface area contributed by atoms with Crippen molar-refractivity contribution in [3.05, 3.63) is 42.5 Å². The molecule has 23 heavy (non-hydrogen) atoms. The number of nitrogens with one attached hydrogen (secondary N) is 1. The van der Waals surface area contributed by atoms with E-state index >= 15 is 0 Å². The summed E-state index contributed by atoms with van der Waals surface area (Å²) in [5.74, 6) is -0.00927. The third kappa shape index (κ3) is 3.39. The van der Waals surface area contributed by atoms with Crippen LogP contribution in [0.2, 0.25) is 0 Å². The van der Waals surface area contributed by atoms with Crippen molar-refractivity contribution in [3.63, 3.8) is 0 Å². The van der Waals surface area contributed by atoms with Gasteiger partial charge in [0.05, 0.1) is 12.6 Å². The molecule has 7 heteroatoms. The topological polar surface area (TPSA) is 80.1 Å². The molecule has 1 aliphatic heterocycles. The van der Waals surface area contributed by atoms with Crippen LogP contribution in [0.1, 0.15) is 31.4 Å². The van der Waals surface area contributed by atoms with E-state index in [1.54, 1.807) is 22.8 Å². The van der Waals surface area contributed by atoms with Crippen molar-refractivity contribution >= 4 is 17.5 Å². The van der Waals surface area contributed by atoms with Crippen LogP contribution in [0, 0.1) is 0 Å². The van der Waals surface area contributed by atoms with Crippen molar-refractivity contribution < 1.29 is 9.59 Å². The second kappa shape index (κ2) is 6.60. The fourth-order valence-corrected chi connectivity index (χ4v) is 2.87. The van der Waals surface area contributed by atoms with Crippen LogP contribution in [-0.4, -0.2) is 33.1 Å². The third-order valence-electron chi connectivity index (χ3n) is 3.99. The summed E-state index contributed by atoms with van der Waals surface area (Å²) >= 11 is 0. The number of nitrogens with zero attached hydrogens (tertiary/aromatic N) is 4. The first-order chi connectivity index (χ1) is 11.1. The number of fused-ring (bicyclic) bond motifs is 1. The van der Waals surface area contributed by atoms with E-state index in [0.29, 0.717) is 25.9 Å². The monoisotopic (exact) mass is 313 g/mol. The maximum absolute atomic E-state index is 12.2. The van der Waals surface area contributed by atoms with Gasteiger partial charge in [-0.05, 0) is 18.1 Å². The lowest BCUT2D eigenvalue weighted by atomic mass is 9.96. The summed E-state index contributed by atoms with van der Waals surface area (Å²) in [6.07, 6.45) is 4.10. The molecule has 0 aliphatic carbocycles. The van der Waals surface area contributed by atoms with Crippen LogP contribution in [0.15, 0.2) is 36.9 Å². The number of carbonyl (C=O) groups is 2. The van der Waals surface area contributed by atoms with Crippen molar-refractivity contribution in [2.24, 2.45) is 0 Å². The lowest BCUT2D eigenvalue weighted by molar-refractivity contribution is -0.122. The molecule has 2 heterocycles. The first kappa shape index (κ1) is 15.2. The highest BCUT2D eigenvalue weighted by Crippen LogP contribution is 2.33. The molecule has 1 aromatic carbocycles. The number of hydrogen-bond acceptors (Lipinski definition) is 4. The summed E-state index contributed by atoms with van der Waals surface area (Å²) in [5.41, 5.74) is 1.87. The number of rotatable bonds is 4. The van der Waals surface area contributed by atoms with E-state index in [1.165, 1.54) is 6.33 Å². The zero-order valence-corrected chi connectivity index (χ0v) is 13.0. The highest BCUT2D eigenvalue weighted by molar-refractivity contribution is 5.93. The van der Waals surface area contributed by atoms with E-state index in [4.69, 9.17) is 0 Å². The Labute approximate surface area is 134 Å². The van der Waals surface area contributed by atoms with Gasteiger partial charge in [-0.2, -0.15) is 5.10 Å². The van der Waals surface area contributed by atoms with Gasteiger partial charge in [-0.15, -0.1) is 0 Å². The molecule has 0 radical (unpaired) electrons. The molecule has 1 N–H and O–H groups in total. The van der Waals surface area contributed by atoms with Crippen LogP contribution in [-0.2, 0) is 16.1 Å². The minimum atomic E-state index is -0.0648. The Balaban J connectivity index is 1.67. The average molecular weight is 313 g/mol. The summed E-state index contributed by atoms with van der Waals surface area (Å²) in [7, 11) is 0. The van der Waals surface area contributed by atoms with Crippen molar-refractivity contribution in [1.29, 1.82) is 0 Å². The van der Waals surface area contributed by atoms with E-state index in [1.807, 2.05) is 24.3 Å². The normalized spacial score (nSPS) is 16.7. The molecule has 0 spiro atoms. The number of hydrogen-bond donors (Lipinski definition) is 1. The van der Waals surface area contributed by atoms with E-state index in [9.17, 15) is 9.59 Å². The molecular weight excluding hydrogens is 294 g/mol. The Kier molecular flexibility index (Phi) is 4.36. The maximum Gasteiger partial charge on any atom is 0.223 e. The van der Waals surface area contributed by atoms with Crippen LogP contribution in [0.25, 0.3) is 0 Å². The smallest absolute Gasteiger partial charge is 0.223 e. The van der Waals surface area contributed by atoms with Crippen molar-refractivity contribution in [3.8, 4) is 0 Å². The van der Waals surface area contributed by atoms with E-state index in [-0.39, 0.29) is 17.9 Å². The van der Waals surface area contributed by atoms with Crippen molar-refractivity contribution in [2.75, 3.05) is 11.4 Å². The Hall–Kier alpha value is -2.70. The number of para-hydroxylation sites is 1. The predicted molar refractivity (Wildman–Crippen MR) is 84.6 cm³/mol. The average Bonchev–Trinajstić information content (AvgIpc) is 3.06. The summed E-state index contributed by atoms with van der Waals surface area (Å²) in [4.78, 5) is 29.5. The molecule has 1 aromatic heterocycles. The zero-order chi connectivity index (χ0) is 16.2. The van der Waals surface area contributed by atoms with Crippen molar-refractivity contribution in [1.82, 2.24) is 20.1 Å². The number of aryl methyl sites for hydroxylation is 1. The highest BCUT2D eigenvalue weighted by atomic mass is 16.2. The van der Waals surface area contributed by atoms with E-state index in [0.717, 1.165) is 11.3 Å². The van der Waals surface area contributed by atoms with Gasteiger partial charge in [0.1, 0.15) is 12.7 Å². The fraction of sp³-hybridized carbons (Fsp3) is 0.375. The number of anilines is 1. The summed E-state index contributed by atoms with van der Waals surface area (Å²) in [5, 5.41) is 7.04. The molecule has 2 aromatic rings. The largest absolute Gasteiger partial charge is 0.349 e. The van der Waals surface area contributed by atoms with Gasteiger partial charge in [-0.25, -0.2) is 4.98 Å². The number of aromatic nitrogens is 3. The first-order valence-corrected chi connectivity index (χ1v) is 7.64. The van der Waals surface area contributed by atoms with Crippen molar-refractivity contribution in [2.45, 2.75) is 32.4 Å². The summed E-state index contributed by atoms with van der Waals surface area (Å²) in [6, 6.07) is 7.66. The molecule has 3 rings (SSSR count). The molecule has 0 saturated heterocycles. The second-order valence-corrected chi connectivity index (χ2v) is 5.55.